The normalized spacial score (nSPS) is 10.3. The van der Waals surface area contributed by atoms with Crippen molar-refractivity contribution in [1.29, 1.82) is 0 Å². The van der Waals surface area contributed by atoms with Gasteiger partial charge in [-0.1, -0.05) is 13.8 Å². The summed E-state index contributed by atoms with van der Waals surface area (Å²) in [6.45, 7) is 4.09. The summed E-state index contributed by atoms with van der Waals surface area (Å²) in [5.41, 5.74) is 0.583. The summed E-state index contributed by atoms with van der Waals surface area (Å²) in [5, 5.41) is 12.0. The van der Waals surface area contributed by atoms with Gasteiger partial charge in [-0.15, -0.1) is 0 Å². The predicted octanol–water partition coefficient (Wildman–Crippen LogP) is 2.31. The fourth-order valence-electron chi connectivity index (χ4n) is 1.37. The van der Waals surface area contributed by atoms with E-state index < -0.39 is 0 Å². The molecule has 0 saturated carbocycles. The van der Waals surface area contributed by atoms with E-state index in [4.69, 9.17) is 5.11 Å². The van der Waals surface area contributed by atoms with E-state index in [2.05, 4.69) is 5.32 Å². The van der Waals surface area contributed by atoms with Gasteiger partial charge in [0.1, 0.15) is 5.75 Å². The van der Waals surface area contributed by atoms with Gasteiger partial charge in [0.15, 0.2) is 0 Å². The molecule has 0 atom stereocenters. The highest BCUT2D eigenvalue weighted by atomic mass is 16.3. The molecule has 0 radical (unpaired) electrons. The van der Waals surface area contributed by atoms with Crippen LogP contribution in [0.4, 0.5) is 0 Å². The minimum atomic E-state index is -0.0799. The second-order valence-electron chi connectivity index (χ2n) is 3.53. The predicted molar refractivity (Wildman–Crippen MR) is 59.9 cm³/mol. The molecule has 0 unspecified atom stereocenters. The minimum absolute atomic E-state index is 0.0799. The minimum Gasteiger partial charge on any atom is -0.508 e. The number of hydrogen-bond donors (Lipinski definition) is 2. The average molecular weight is 207 g/mol. The molecule has 2 N–H and O–H groups in total. The maximum Gasteiger partial charge on any atom is 0.251 e. The summed E-state index contributed by atoms with van der Waals surface area (Å²) in [5.74, 6) is 0.0952. The summed E-state index contributed by atoms with van der Waals surface area (Å²) < 4.78 is 0. The number of rotatable bonds is 4. The van der Waals surface area contributed by atoms with Crippen molar-refractivity contribution in [3.05, 3.63) is 29.8 Å². The molecule has 82 valence electrons. The largest absolute Gasteiger partial charge is 0.508 e. The monoisotopic (exact) mass is 207 g/mol. The van der Waals surface area contributed by atoms with Crippen LogP contribution in [0.15, 0.2) is 24.3 Å². The van der Waals surface area contributed by atoms with E-state index >= 15 is 0 Å². The van der Waals surface area contributed by atoms with Gasteiger partial charge in [0.25, 0.3) is 5.91 Å². The number of hydrogen-bond acceptors (Lipinski definition) is 2. The van der Waals surface area contributed by atoms with Crippen molar-refractivity contribution in [2.24, 2.45) is 0 Å². The number of carbonyl (C=O) groups excluding carboxylic acids is 1. The SMILES string of the molecule is CCC(CC)NC(=O)c1ccc(O)cc1. The van der Waals surface area contributed by atoms with Crippen LogP contribution < -0.4 is 5.32 Å². The number of phenolic OH excluding ortho intramolecular Hbond substituents is 1. The van der Waals surface area contributed by atoms with Crippen molar-refractivity contribution >= 4 is 5.91 Å². The van der Waals surface area contributed by atoms with Gasteiger partial charge in [-0.25, -0.2) is 0 Å². The molecule has 3 nitrogen and oxygen atoms in total. The first-order valence-electron chi connectivity index (χ1n) is 5.27. The van der Waals surface area contributed by atoms with Gasteiger partial charge in [-0.05, 0) is 37.1 Å². The lowest BCUT2D eigenvalue weighted by molar-refractivity contribution is 0.0935. The molecule has 0 fully saturated rings. The molecule has 0 spiro atoms. The molecule has 0 aliphatic carbocycles. The first-order valence-corrected chi connectivity index (χ1v) is 5.27. The van der Waals surface area contributed by atoms with E-state index in [1.54, 1.807) is 12.1 Å². The number of carbonyl (C=O) groups is 1. The fourth-order valence-corrected chi connectivity index (χ4v) is 1.37. The van der Waals surface area contributed by atoms with Crippen molar-refractivity contribution in [2.45, 2.75) is 32.7 Å². The van der Waals surface area contributed by atoms with Crippen LogP contribution in [0.1, 0.15) is 37.0 Å². The topological polar surface area (TPSA) is 49.3 Å². The van der Waals surface area contributed by atoms with Crippen LogP contribution in [0, 0.1) is 0 Å². The van der Waals surface area contributed by atoms with Gasteiger partial charge in [0.05, 0.1) is 0 Å². The Morgan fingerprint density at radius 1 is 1.27 bits per heavy atom. The second-order valence-corrected chi connectivity index (χ2v) is 3.53. The van der Waals surface area contributed by atoms with Crippen LogP contribution >= 0.6 is 0 Å². The van der Waals surface area contributed by atoms with Gasteiger partial charge in [-0.3, -0.25) is 4.79 Å². The molecule has 0 aliphatic rings. The van der Waals surface area contributed by atoms with Gasteiger partial charge in [-0.2, -0.15) is 0 Å². The van der Waals surface area contributed by atoms with Crippen LogP contribution in [0.3, 0.4) is 0 Å². The highest BCUT2D eigenvalue weighted by Gasteiger charge is 2.09. The Balaban J connectivity index is 2.64. The van der Waals surface area contributed by atoms with Crippen LogP contribution in [-0.2, 0) is 0 Å². The Morgan fingerprint density at radius 2 is 1.80 bits per heavy atom. The van der Waals surface area contributed by atoms with Crippen molar-refractivity contribution in [2.75, 3.05) is 0 Å². The number of aromatic hydroxyl groups is 1. The molecule has 0 heterocycles. The zero-order valence-electron chi connectivity index (χ0n) is 9.16. The van der Waals surface area contributed by atoms with Crippen molar-refractivity contribution in [3.8, 4) is 5.75 Å². The Bertz CT molecular complexity index is 315. The van der Waals surface area contributed by atoms with E-state index in [0.717, 1.165) is 12.8 Å². The third kappa shape index (κ3) is 3.27. The van der Waals surface area contributed by atoms with Crippen molar-refractivity contribution in [3.63, 3.8) is 0 Å². The molecule has 1 rings (SSSR count). The maximum atomic E-state index is 11.7. The summed E-state index contributed by atoms with van der Waals surface area (Å²) >= 11 is 0. The molecule has 0 bridgehead atoms. The first-order chi connectivity index (χ1) is 7.17. The van der Waals surface area contributed by atoms with Crippen LogP contribution in [-0.4, -0.2) is 17.1 Å². The lowest BCUT2D eigenvalue weighted by Gasteiger charge is -2.14. The maximum absolute atomic E-state index is 11.7. The molecule has 1 aromatic carbocycles. The summed E-state index contributed by atoms with van der Waals surface area (Å²) in [7, 11) is 0. The highest BCUT2D eigenvalue weighted by molar-refractivity contribution is 5.94. The van der Waals surface area contributed by atoms with E-state index in [1.165, 1.54) is 12.1 Å². The third-order valence-electron chi connectivity index (χ3n) is 2.45. The van der Waals surface area contributed by atoms with Crippen LogP contribution in [0.5, 0.6) is 5.75 Å². The van der Waals surface area contributed by atoms with Crippen LogP contribution in [0.25, 0.3) is 0 Å². The Kier molecular flexibility index (Phi) is 4.16. The molecule has 1 amide bonds. The number of phenols is 1. The average Bonchev–Trinajstić information content (AvgIpc) is 2.26. The molecule has 0 aromatic heterocycles. The summed E-state index contributed by atoms with van der Waals surface area (Å²) in [6, 6.07) is 6.50. The molecule has 0 saturated heterocycles. The summed E-state index contributed by atoms with van der Waals surface area (Å²) in [4.78, 5) is 11.7. The first kappa shape index (κ1) is 11.6. The zero-order chi connectivity index (χ0) is 11.3. The van der Waals surface area contributed by atoms with E-state index in [1.807, 2.05) is 13.8 Å². The van der Waals surface area contributed by atoms with E-state index in [0.29, 0.717) is 5.56 Å². The lowest BCUT2D eigenvalue weighted by atomic mass is 10.1. The van der Waals surface area contributed by atoms with Crippen molar-refractivity contribution < 1.29 is 9.90 Å². The smallest absolute Gasteiger partial charge is 0.251 e. The quantitative estimate of drug-likeness (QED) is 0.796. The number of amides is 1. The molecule has 0 aliphatic heterocycles. The highest BCUT2D eigenvalue weighted by Crippen LogP contribution is 2.10. The van der Waals surface area contributed by atoms with Gasteiger partial charge in [0.2, 0.25) is 0 Å². The van der Waals surface area contributed by atoms with E-state index in [-0.39, 0.29) is 17.7 Å². The third-order valence-corrected chi connectivity index (χ3v) is 2.45. The second kappa shape index (κ2) is 5.39. The standard InChI is InChI=1S/C12H17NO2/c1-3-10(4-2)13-12(15)9-5-7-11(14)8-6-9/h5-8,10,14H,3-4H2,1-2H3,(H,13,15). The molecular weight excluding hydrogens is 190 g/mol. The van der Waals surface area contributed by atoms with Crippen molar-refractivity contribution in [1.82, 2.24) is 5.32 Å². The Labute approximate surface area is 90.1 Å². The Morgan fingerprint density at radius 3 is 2.27 bits per heavy atom. The fraction of sp³-hybridized carbons (Fsp3) is 0.417. The van der Waals surface area contributed by atoms with Gasteiger partial charge in [0, 0.05) is 11.6 Å². The van der Waals surface area contributed by atoms with Crippen LogP contribution in [0.2, 0.25) is 0 Å². The Hall–Kier alpha value is -1.51. The van der Waals surface area contributed by atoms with Gasteiger partial charge < -0.3 is 10.4 Å². The van der Waals surface area contributed by atoms with E-state index in [9.17, 15) is 4.79 Å². The molecular formula is C12H17NO2. The lowest BCUT2D eigenvalue weighted by Crippen LogP contribution is -2.33. The number of benzene rings is 1. The van der Waals surface area contributed by atoms with Gasteiger partial charge >= 0.3 is 0 Å². The zero-order valence-corrected chi connectivity index (χ0v) is 9.16. The number of nitrogens with one attached hydrogen (secondary N) is 1. The molecule has 1 aromatic rings. The summed E-state index contributed by atoms with van der Waals surface area (Å²) in [6.07, 6.45) is 1.86. The molecule has 3 heteroatoms. The molecule has 15 heavy (non-hydrogen) atoms.